The van der Waals surface area contributed by atoms with Crippen molar-refractivity contribution in [2.24, 2.45) is 0 Å². The number of carbonyl (C=O) groups is 3. The van der Waals surface area contributed by atoms with Crippen LogP contribution in [0.4, 0.5) is 5.69 Å². The number of ether oxygens (including phenoxy) is 1. The molecule has 2 aliphatic heterocycles. The molecule has 8 heteroatoms. The molecule has 2 heterocycles. The summed E-state index contributed by atoms with van der Waals surface area (Å²) >= 11 is 1.66. The summed E-state index contributed by atoms with van der Waals surface area (Å²) in [5.41, 5.74) is 0.665. The molecule has 0 spiro atoms. The average Bonchev–Trinajstić information content (AvgIpc) is 3.08. The Kier molecular flexibility index (Phi) is 4.64. The average molecular weight is 364 g/mol. The lowest BCUT2D eigenvalue weighted by atomic mass is 10.2. The van der Waals surface area contributed by atoms with E-state index < -0.39 is 18.6 Å². The maximum atomic E-state index is 12.9. The Morgan fingerprint density at radius 3 is 2.72 bits per heavy atom. The fourth-order valence-corrected chi connectivity index (χ4v) is 4.69. The lowest BCUT2D eigenvalue weighted by Crippen LogP contribution is -2.50. The Bertz CT molecular complexity index is 707. The van der Waals surface area contributed by atoms with Gasteiger partial charge < -0.3 is 19.6 Å². The van der Waals surface area contributed by atoms with Crippen LogP contribution in [0.1, 0.15) is 19.8 Å². The Labute approximate surface area is 149 Å². The van der Waals surface area contributed by atoms with Crippen LogP contribution in [0, 0.1) is 0 Å². The van der Waals surface area contributed by atoms with Gasteiger partial charge in [0, 0.05) is 24.9 Å². The number of rotatable bonds is 5. The Balaban J connectivity index is 1.70. The first-order valence-corrected chi connectivity index (χ1v) is 8.99. The van der Waals surface area contributed by atoms with E-state index in [-0.39, 0.29) is 16.7 Å². The topological polar surface area (TPSA) is 87.2 Å². The molecule has 2 amide bonds. The molecule has 2 saturated heterocycles. The third kappa shape index (κ3) is 3.30. The van der Waals surface area contributed by atoms with Gasteiger partial charge in [-0.25, -0.2) is 4.79 Å². The van der Waals surface area contributed by atoms with Crippen LogP contribution in [0.3, 0.4) is 0 Å². The minimum atomic E-state index is -1.05. The number of carbonyl (C=O) groups excluding carboxylic acids is 2. The zero-order chi connectivity index (χ0) is 18.2. The summed E-state index contributed by atoms with van der Waals surface area (Å²) in [5.74, 6) is -0.105. The summed E-state index contributed by atoms with van der Waals surface area (Å²) in [6, 6.07) is 6.19. The molecule has 0 bridgehead atoms. The Morgan fingerprint density at radius 2 is 2.08 bits per heavy atom. The standard InChI is InChI=1S/C17H20N2O5S/c1-17-8-7-14(20)19(17)13(10-25-17)16(23)18(2)11-3-5-12(6-4-11)24-9-15(21)22/h3-6,13H,7-10H2,1-2H3,(H,21,22). The SMILES string of the molecule is CN(C(=O)C1CSC2(C)CCC(=O)N12)c1ccc(OCC(=O)O)cc1. The van der Waals surface area contributed by atoms with Crippen LogP contribution < -0.4 is 9.64 Å². The molecular weight excluding hydrogens is 344 g/mol. The number of amides is 2. The van der Waals surface area contributed by atoms with Gasteiger partial charge in [-0.3, -0.25) is 9.59 Å². The number of carboxylic acids is 1. The van der Waals surface area contributed by atoms with Crippen molar-refractivity contribution in [3.63, 3.8) is 0 Å². The summed E-state index contributed by atoms with van der Waals surface area (Å²) in [4.78, 5) is 38.6. The van der Waals surface area contributed by atoms with E-state index in [1.165, 1.54) is 4.90 Å². The summed E-state index contributed by atoms with van der Waals surface area (Å²) in [6.07, 6.45) is 1.27. The van der Waals surface area contributed by atoms with Gasteiger partial charge in [0.05, 0.1) is 4.87 Å². The fourth-order valence-electron chi connectivity index (χ4n) is 3.27. The second-order valence-corrected chi connectivity index (χ2v) is 7.84. The molecule has 1 aromatic rings. The summed E-state index contributed by atoms with van der Waals surface area (Å²) in [6.45, 7) is 1.60. The first-order valence-electron chi connectivity index (χ1n) is 8.00. The molecule has 1 N–H and O–H groups in total. The number of anilines is 1. The number of hydrogen-bond donors (Lipinski definition) is 1. The molecule has 7 nitrogen and oxygen atoms in total. The van der Waals surface area contributed by atoms with Gasteiger partial charge in [-0.05, 0) is 37.6 Å². The lowest BCUT2D eigenvalue weighted by molar-refractivity contribution is -0.139. The number of aliphatic carboxylic acids is 1. The number of carboxylic acid groups (broad SMARTS) is 1. The van der Waals surface area contributed by atoms with Gasteiger partial charge in [0.25, 0.3) is 0 Å². The highest BCUT2D eigenvalue weighted by Gasteiger charge is 2.53. The Morgan fingerprint density at radius 1 is 1.40 bits per heavy atom. The summed E-state index contributed by atoms with van der Waals surface area (Å²) in [7, 11) is 1.68. The monoisotopic (exact) mass is 364 g/mol. The van der Waals surface area contributed by atoms with Gasteiger partial charge in [-0.2, -0.15) is 0 Å². The smallest absolute Gasteiger partial charge is 0.341 e. The first-order chi connectivity index (χ1) is 11.8. The number of fused-ring (bicyclic) bond motifs is 1. The predicted octanol–water partition coefficient (Wildman–Crippen LogP) is 1.57. The van der Waals surface area contributed by atoms with E-state index in [9.17, 15) is 14.4 Å². The van der Waals surface area contributed by atoms with Gasteiger partial charge in [-0.15, -0.1) is 11.8 Å². The van der Waals surface area contributed by atoms with Gasteiger partial charge >= 0.3 is 5.97 Å². The van der Waals surface area contributed by atoms with Crippen LogP contribution in [0.5, 0.6) is 5.75 Å². The van der Waals surface area contributed by atoms with E-state index >= 15 is 0 Å². The minimum absolute atomic E-state index is 0.0386. The number of hydrogen-bond acceptors (Lipinski definition) is 5. The molecule has 2 fully saturated rings. The van der Waals surface area contributed by atoms with Crippen molar-refractivity contribution in [2.75, 3.05) is 24.3 Å². The van der Waals surface area contributed by atoms with Crippen LogP contribution >= 0.6 is 11.8 Å². The maximum absolute atomic E-state index is 12.9. The fraction of sp³-hybridized carbons (Fsp3) is 0.471. The highest BCUT2D eigenvalue weighted by atomic mass is 32.2. The largest absolute Gasteiger partial charge is 0.482 e. The van der Waals surface area contributed by atoms with Crippen molar-refractivity contribution in [3.05, 3.63) is 24.3 Å². The minimum Gasteiger partial charge on any atom is -0.482 e. The van der Waals surface area contributed by atoms with Gasteiger partial charge in [0.1, 0.15) is 11.8 Å². The highest BCUT2D eigenvalue weighted by molar-refractivity contribution is 8.01. The number of likely N-dealkylation sites (N-methyl/N-ethyl adjacent to an activating group) is 1. The van der Waals surface area contributed by atoms with Crippen LogP contribution in [-0.2, 0) is 14.4 Å². The quantitative estimate of drug-likeness (QED) is 0.853. The van der Waals surface area contributed by atoms with E-state index in [1.54, 1.807) is 48.0 Å². The van der Waals surface area contributed by atoms with Crippen LogP contribution in [0.25, 0.3) is 0 Å². The van der Waals surface area contributed by atoms with E-state index in [0.717, 1.165) is 6.42 Å². The maximum Gasteiger partial charge on any atom is 0.341 e. The third-order valence-electron chi connectivity index (χ3n) is 4.65. The molecule has 2 unspecified atom stereocenters. The summed E-state index contributed by atoms with van der Waals surface area (Å²) < 4.78 is 5.09. The molecule has 0 aromatic heterocycles. The molecule has 2 aliphatic rings. The molecule has 0 saturated carbocycles. The molecule has 3 rings (SSSR count). The van der Waals surface area contributed by atoms with E-state index in [1.807, 2.05) is 6.92 Å². The van der Waals surface area contributed by atoms with E-state index in [0.29, 0.717) is 23.6 Å². The molecular formula is C17H20N2O5S. The normalized spacial score (nSPS) is 25.0. The first kappa shape index (κ1) is 17.6. The Hall–Kier alpha value is -2.22. The molecule has 2 atom stereocenters. The van der Waals surface area contributed by atoms with Crippen molar-refractivity contribution in [3.8, 4) is 5.75 Å². The van der Waals surface area contributed by atoms with Gasteiger partial charge in [-0.1, -0.05) is 0 Å². The van der Waals surface area contributed by atoms with E-state index in [2.05, 4.69) is 0 Å². The lowest BCUT2D eigenvalue weighted by Gasteiger charge is -2.32. The molecule has 25 heavy (non-hydrogen) atoms. The zero-order valence-electron chi connectivity index (χ0n) is 14.1. The predicted molar refractivity (Wildman–Crippen MR) is 93.7 cm³/mol. The van der Waals surface area contributed by atoms with Gasteiger partial charge in [0.2, 0.25) is 11.8 Å². The molecule has 134 valence electrons. The number of thioether (sulfide) groups is 1. The second kappa shape index (κ2) is 6.59. The van der Waals surface area contributed by atoms with Crippen molar-refractivity contribution >= 4 is 35.2 Å². The van der Waals surface area contributed by atoms with Crippen LogP contribution in [-0.4, -0.2) is 58.1 Å². The summed E-state index contributed by atoms with van der Waals surface area (Å²) in [5, 5.41) is 8.62. The van der Waals surface area contributed by atoms with Crippen LogP contribution in [0.15, 0.2) is 24.3 Å². The highest BCUT2D eigenvalue weighted by Crippen LogP contribution is 2.47. The molecule has 1 aromatic carbocycles. The van der Waals surface area contributed by atoms with Gasteiger partial charge in [0.15, 0.2) is 6.61 Å². The molecule has 0 aliphatic carbocycles. The van der Waals surface area contributed by atoms with Crippen LogP contribution in [0.2, 0.25) is 0 Å². The van der Waals surface area contributed by atoms with Crippen molar-refractivity contribution in [2.45, 2.75) is 30.7 Å². The molecule has 0 radical (unpaired) electrons. The zero-order valence-corrected chi connectivity index (χ0v) is 14.9. The number of benzene rings is 1. The van der Waals surface area contributed by atoms with Crippen molar-refractivity contribution < 1.29 is 24.2 Å². The second-order valence-electron chi connectivity index (χ2n) is 6.34. The number of nitrogens with zero attached hydrogens (tertiary/aromatic N) is 2. The van der Waals surface area contributed by atoms with Crippen molar-refractivity contribution in [1.82, 2.24) is 4.90 Å². The third-order valence-corrected chi connectivity index (χ3v) is 6.15. The van der Waals surface area contributed by atoms with Crippen molar-refractivity contribution in [1.29, 1.82) is 0 Å². The van der Waals surface area contributed by atoms with E-state index in [4.69, 9.17) is 9.84 Å².